The summed E-state index contributed by atoms with van der Waals surface area (Å²) in [5.74, 6) is 1.27. The van der Waals surface area contributed by atoms with Crippen molar-refractivity contribution in [3.8, 4) is 5.75 Å². The number of ether oxygens (including phenoxy) is 2. The molecular weight excluding hydrogens is 366 g/mol. The molecule has 1 aromatic carbocycles. The number of rotatable bonds is 5. The van der Waals surface area contributed by atoms with Crippen molar-refractivity contribution < 1.29 is 9.47 Å². The van der Waals surface area contributed by atoms with Gasteiger partial charge in [-0.1, -0.05) is 12.7 Å². The second-order valence-corrected chi connectivity index (χ2v) is 7.15. The van der Waals surface area contributed by atoms with Crippen LogP contribution in [0.5, 0.6) is 5.75 Å². The molecule has 1 fully saturated rings. The van der Waals surface area contributed by atoms with Crippen LogP contribution in [-0.4, -0.2) is 32.2 Å². The minimum atomic E-state index is -0.0778. The van der Waals surface area contributed by atoms with Crippen LogP contribution in [0.4, 0.5) is 5.82 Å². The number of pyridine rings is 1. The first kappa shape index (κ1) is 17.6. The van der Waals surface area contributed by atoms with Crippen LogP contribution < -0.4 is 10.5 Å². The van der Waals surface area contributed by atoms with Crippen molar-refractivity contribution in [2.45, 2.75) is 25.2 Å². The van der Waals surface area contributed by atoms with E-state index in [-0.39, 0.29) is 12.3 Å². The maximum absolute atomic E-state index is 6.20. The van der Waals surface area contributed by atoms with E-state index in [0.29, 0.717) is 12.4 Å². The summed E-state index contributed by atoms with van der Waals surface area (Å²) in [6, 6.07) is 9.91. The first-order chi connectivity index (χ1) is 14.2. The van der Waals surface area contributed by atoms with Gasteiger partial charge in [0.2, 0.25) is 0 Å². The van der Waals surface area contributed by atoms with E-state index in [0.717, 1.165) is 46.1 Å². The Morgan fingerprint density at radius 2 is 2.14 bits per heavy atom. The predicted octanol–water partition coefficient (Wildman–Crippen LogP) is 3.96. The van der Waals surface area contributed by atoms with Crippen LogP contribution in [-0.2, 0) is 4.74 Å². The summed E-state index contributed by atoms with van der Waals surface area (Å²) in [7, 11) is 0. The zero-order chi connectivity index (χ0) is 19.8. The summed E-state index contributed by atoms with van der Waals surface area (Å²) in [5.41, 5.74) is 8.62. The normalized spacial score (nSPS) is 19.0. The summed E-state index contributed by atoms with van der Waals surface area (Å²) in [6.45, 7) is 4.27. The molecule has 1 saturated heterocycles. The van der Waals surface area contributed by atoms with Crippen LogP contribution >= 0.6 is 0 Å². The molecule has 1 aliphatic rings. The zero-order valence-corrected chi connectivity index (χ0v) is 15.9. The second-order valence-electron chi connectivity index (χ2n) is 7.15. The van der Waals surface area contributed by atoms with E-state index in [1.807, 2.05) is 41.2 Å². The summed E-state index contributed by atoms with van der Waals surface area (Å²) in [6.07, 6.45) is 8.78. The number of aromatic nitrogens is 4. The minimum absolute atomic E-state index is 0.0171. The molecule has 2 N–H and O–H groups in total. The molecule has 0 radical (unpaired) electrons. The lowest BCUT2D eigenvalue weighted by atomic mass is 10.1. The molecule has 3 aromatic heterocycles. The van der Waals surface area contributed by atoms with Crippen molar-refractivity contribution in [3.63, 3.8) is 0 Å². The monoisotopic (exact) mass is 387 g/mol. The summed E-state index contributed by atoms with van der Waals surface area (Å²) < 4.78 is 14.2. The third kappa shape index (κ3) is 3.30. The average Bonchev–Trinajstić information content (AvgIpc) is 3.39. The molecule has 0 spiro atoms. The molecule has 4 heterocycles. The van der Waals surface area contributed by atoms with Gasteiger partial charge in [-0.2, -0.15) is 0 Å². The Morgan fingerprint density at radius 1 is 1.21 bits per heavy atom. The average molecular weight is 387 g/mol. The molecule has 0 amide bonds. The highest BCUT2D eigenvalue weighted by Gasteiger charge is 2.28. The van der Waals surface area contributed by atoms with Crippen molar-refractivity contribution in [1.29, 1.82) is 0 Å². The lowest BCUT2D eigenvalue weighted by Gasteiger charge is -2.16. The van der Waals surface area contributed by atoms with Crippen LogP contribution in [0.15, 0.2) is 55.6 Å². The van der Waals surface area contributed by atoms with E-state index in [9.17, 15) is 0 Å². The standard InChI is InChI=1S/C22H21N5O2/c1-2-14-9-15-3-4-16(10-19(15)24-11-14)28-12-17-5-6-20(29-17)27-8-7-18-21(23)25-13-26-22(18)27/h2-4,7-11,13,17,20H,1,5-6,12H2,(H2,23,25,26). The number of hydrogen-bond acceptors (Lipinski definition) is 6. The third-order valence-corrected chi connectivity index (χ3v) is 5.28. The molecule has 1 aliphatic heterocycles. The van der Waals surface area contributed by atoms with Crippen LogP contribution in [0.3, 0.4) is 0 Å². The Morgan fingerprint density at radius 3 is 3.03 bits per heavy atom. The minimum Gasteiger partial charge on any atom is -0.491 e. The molecule has 2 unspecified atom stereocenters. The highest BCUT2D eigenvalue weighted by atomic mass is 16.6. The topological polar surface area (TPSA) is 88.1 Å². The van der Waals surface area contributed by atoms with Gasteiger partial charge < -0.3 is 19.8 Å². The fourth-order valence-electron chi connectivity index (χ4n) is 3.75. The fraction of sp³-hybridized carbons (Fsp3) is 0.227. The highest BCUT2D eigenvalue weighted by molar-refractivity contribution is 5.86. The predicted molar refractivity (Wildman–Crippen MR) is 112 cm³/mol. The number of hydrogen-bond donors (Lipinski definition) is 1. The molecule has 0 bridgehead atoms. The van der Waals surface area contributed by atoms with E-state index in [4.69, 9.17) is 15.2 Å². The van der Waals surface area contributed by atoms with Crippen LogP contribution in [0.1, 0.15) is 24.6 Å². The molecule has 2 atom stereocenters. The molecule has 29 heavy (non-hydrogen) atoms. The van der Waals surface area contributed by atoms with Crippen LogP contribution in [0.25, 0.3) is 28.0 Å². The first-order valence-electron chi connectivity index (χ1n) is 9.59. The van der Waals surface area contributed by atoms with E-state index >= 15 is 0 Å². The Bertz CT molecular complexity index is 1200. The number of fused-ring (bicyclic) bond motifs is 2. The lowest BCUT2D eigenvalue weighted by Crippen LogP contribution is -2.18. The van der Waals surface area contributed by atoms with Gasteiger partial charge in [0.15, 0.2) is 0 Å². The number of benzene rings is 1. The van der Waals surface area contributed by atoms with Gasteiger partial charge in [0, 0.05) is 23.8 Å². The van der Waals surface area contributed by atoms with Gasteiger partial charge in [0.05, 0.1) is 17.0 Å². The molecule has 146 valence electrons. The van der Waals surface area contributed by atoms with E-state index < -0.39 is 0 Å². The molecule has 7 heteroatoms. The molecule has 7 nitrogen and oxygen atoms in total. The Kier molecular flexibility index (Phi) is 4.37. The molecule has 0 aliphatic carbocycles. The van der Waals surface area contributed by atoms with Crippen LogP contribution in [0, 0.1) is 0 Å². The van der Waals surface area contributed by atoms with Crippen molar-refractivity contribution in [2.24, 2.45) is 0 Å². The lowest BCUT2D eigenvalue weighted by molar-refractivity contribution is -0.0156. The van der Waals surface area contributed by atoms with Crippen molar-refractivity contribution in [2.75, 3.05) is 12.3 Å². The van der Waals surface area contributed by atoms with E-state index in [1.54, 1.807) is 6.08 Å². The molecule has 4 aromatic rings. The maximum atomic E-state index is 6.20. The summed E-state index contributed by atoms with van der Waals surface area (Å²) in [5, 5.41) is 1.91. The Hall–Kier alpha value is -3.45. The second kappa shape index (κ2) is 7.18. The fourth-order valence-corrected chi connectivity index (χ4v) is 3.75. The van der Waals surface area contributed by atoms with Gasteiger partial charge in [-0.3, -0.25) is 4.98 Å². The highest BCUT2D eigenvalue weighted by Crippen LogP contribution is 2.32. The quantitative estimate of drug-likeness (QED) is 0.558. The van der Waals surface area contributed by atoms with Crippen molar-refractivity contribution >= 4 is 33.8 Å². The number of nitrogens with two attached hydrogens (primary N) is 1. The molecular formula is C22H21N5O2. The van der Waals surface area contributed by atoms with Crippen molar-refractivity contribution in [1.82, 2.24) is 19.5 Å². The van der Waals surface area contributed by atoms with Gasteiger partial charge in [-0.15, -0.1) is 0 Å². The summed E-state index contributed by atoms with van der Waals surface area (Å²) in [4.78, 5) is 12.9. The van der Waals surface area contributed by atoms with Crippen molar-refractivity contribution in [3.05, 3.63) is 61.2 Å². The third-order valence-electron chi connectivity index (χ3n) is 5.28. The zero-order valence-electron chi connectivity index (χ0n) is 15.9. The van der Waals surface area contributed by atoms with Gasteiger partial charge in [-0.05, 0) is 42.7 Å². The van der Waals surface area contributed by atoms with Gasteiger partial charge in [-0.25, -0.2) is 9.97 Å². The van der Waals surface area contributed by atoms with Gasteiger partial charge >= 0.3 is 0 Å². The number of nitrogen functional groups attached to an aromatic ring is 1. The Balaban J connectivity index is 1.26. The van der Waals surface area contributed by atoms with E-state index in [2.05, 4.69) is 27.6 Å². The Labute approximate surface area is 167 Å². The first-order valence-corrected chi connectivity index (χ1v) is 9.59. The SMILES string of the molecule is C=Cc1cnc2cc(OCC3CCC(n4ccc5c(N)ncnc54)O3)ccc2c1. The maximum Gasteiger partial charge on any atom is 0.147 e. The number of nitrogens with zero attached hydrogens (tertiary/aromatic N) is 4. The summed E-state index contributed by atoms with van der Waals surface area (Å²) >= 11 is 0. The van der Waals surface area contributed by atoms with Crippen LogP contribution in [0.2, 0.25) is 0 Å². The smallest absolute Gasteiger partial charge is 0.147 e. The molecule has 0 saturated carbocycles. The van der Waals surface area contributed by atoms with Gasteiger partial charge in [0.1, 0.15) is 36.4 Å². The number of anilines is 1. The van der Waals surface area contributed by atoms with E-state index in [1.165, 1.54) is 6.33 Å². The molecule has 5 rings (SSSR count). The van der Waals surface area contributed by atoms with Gasteiger partial charge in [0.25, 0.3) is 0 Å². The largest absolute Gasteiger partial charge is 0.491 e.